The summed E-state index contributed by atoms with van der Waals surface area (Å²) in [7, 11) is 0. The Bertz CT molecular complexity index is 460. The van der Waals surface area contributed by atoms with Gasteiger partial charge in [0.05, 0.1) is 5.69 Å². The molecule has 1 aromatic heterocycles. The fourth-order valence-electron chi connectivity index (χ4n) is 2.16. The second-order valence-corrected chi connectivity index (χ2v) is 5.00. The molecule has 0 aromatic carbocycles. The van der Waals surface area contributed by atoms with E-state index in [0.29, 0.717) is 30.0 Å². The zero-order valence-electron chi connectivity index (χ0n) is 10.1. The first kappa shape index (κ1) is 12.9. The van der Waals surface area contributed by atoms with E-state index in [1.807, 2.05) is 6.92 Å². The predicted octanol–water partition coefficient (Wildman–Crippen LogP) is 1.18. The summed E-state index contributed by atoms with van der Waals surface area (Å²) in [5.74, 6) is -1.17. The van der Waals surface area contributed by atoms with E-state index in [-0.39, 0.29) is 5.91 Å². The summed E-state index contributed by atoms with van der Waals surface area (Å²) in [5.41, 5.74) is 0.653. The Kier molecular flexibility index (Phi) is 3.90. The molecule has 0 spiro atoms. The number of likely N-dealkylation sites (tertiary alicyclic amines) is 1. The van der Waals surface area contributed by atoms with Crippen molar-refractivity contribution in [3.63, 3.8) is 0 Å². The molecule has 1 fully saturated rings. The number of carbonyl (C=O) groups is 2. The number of aromatic nitrogens is 2. The molecular formula is C11H15N3O3S. The van der Waals surface area contributed by atoms with Crippen molar-refractivity contribution < 1.29 is 14.7 Å². The van der Waals surface area contributed by atoms with Crippen LogP contribution in [0.1, 0.15) is 41.6 Å². The Morgan fingerprint density at radius 2 is 2.28 bits per heavy atom. The van der Waals surface area contributed by atoms with E-state index in [0.717, 1.165) is 24.4 Å². The van der Waals surface area contributed by atoms with E-state index in [9.17, 15) is 9.59 Å². The van der Waals surface area contributed by atoms with Crippen molar-refractivity contribution in [2.75, 3.05) is 6.54 Å². The van der Waals surface area contributed by atoms with Crippen molar-refractivity contribution in [1.29, 1.82) is 0 Å². The molecule has 0 bridgehead atoms. The lowest BCUT2D eigenvalue weighted by Gasteiger charge is -2.32. The van der Waals surface area contributed by atoms with Crippen LogP contribution in [0.25, 0.3) is 0 Å². The van der Waals surface area contributed by atoms with Gasteiger partial charge in [0.15, 0.2) is 0 Å². The summed E-state index contributed by atoms with van der Waals surface area (Å²) in [4.78, 5) is 25.4. The van der Waals surface area contributed by atoms with Crippen LogP contribution in [0.15, 0.2) is 0 Å². The molecule has 6 nitrogen and oxygen atoms in total. The molecule has 7 heteroatoms. The maximum Gasteiger partial charge on any atom is 0.326 e. The lowest BCUT2D eigenvalue weighted by molar-refractivity contribution is -0.143. The van der Waals surface area contributed by atoms with Crippen LogP contribution in [0.2, 0.25) is 0 Å². The maximum atomic E-state index is 12.3. The highest BCUT2D eigenvalue weighted by Gasteiger charge is 2.34. The molecule has 2 heterocycles. The Labute approximate surface area is 109 Å². The summed E-state index contributed by atoms with van der Waals surface area (Å²) in [6.45, 7) is 2.40. The summed E-state index contributed by atoms with van der Waals surface area (Å²) >= 11 is 1.04. The number of aryl methyl sites for hydroxylation is 1. The highest BCUT2D eigenvalue weighted by molar-refractivity contribution is 7.08. The zero-order chi connectivity index (χ0) is 13.1. The van der Waals surface area contributed by atoms with Crippen LogP contribution in [-0.4, -0.2) is 44.1 Å². The minimum atomic E-state index is -0.932. The number of hydrogen-bond donors (Lipinski definition) is 1. The largest absolute Gasteiger partial charge is 0.480 e. The molecule has 1 unspecified atom stereocenters. The van der Waals surface area contributed by atoms with Gasteiger partial charge in [-0.2, -0.15) is 0 Å². The highest BCUT2D eigenvalue weighted by Crippen LogP contribution is 2.22. The molecule has 1 atom stereocenters. The van der Waals surface area contributed by atoms with E-state index < -0.39 is 12.0 Å². The van der Waals surface area contributed by atoms with Crippen molar-refractivity contribution in [1.82, 2.24) is 14.5 Å². The monoisotopic (exact) mass is 269 g/mol. The minimum absolute atomic E-state index is 0.242. The Morgan fingerprint density at radius 1 is 1.50 bits per heavy atom. The van der Waals surface area contributed by atoms with Crippen LogP contribution in [0.4, 0.5) is 0 Å². The first-order valence-corrected chi connectivity index (χ1v) is 6.77. The first-order chi connectivity index (χ1) is 8.65. The van der Waals surface area contributed by atoms with E-state index in [1.165, 1.54) is 4.90 Å². The number of amides is 1. The normalized spacial score (nSPS) is 19.8. The number of carbonyl (C=O) groups excluding carboxylic acids is 1. The van der Waals surface area contributed by atoms with Gasteiger partial charge in [-0.1, -0.05) is 11.4 Å². The Hall–Kier alpha value is -1.50. The molecule has 18 heavy (non-hydrogen) atoms. The number of rotatable bonds is 3. The molecule has 2 rings (SSSR count). The summed E-state index contributed by atoms with van der Waals surface area (Å²) in [6, 6.07) is -0.710. The van der Waals surface area contributed by atoms with Gasteiger partial charge in [0.1, 0.15) is 10.9 Å². The van der Waals surface area contributed by atoms with E-state index in [4.69, 9.17) is 5.11 Å². The molecule has 0 saturated carbocycles. The lowest BCUT2D eigenvalue weighted by atomic mass is 10.0. The van der Waals surface area contributed by atoms with E-state index in [1.54, 1.807) is 0 Å². The van der Waals surface area contributed by atoms with Crippen molar-refractivity contribution in [3.05, 3.63) is 10.6 Å². The van der Waals surface area contributed by atoms with Crippen molar-refractivity contribution in [3.8, 4) is 0 Å². The summed E-state index contributed by atoms with van der Waals surface area (Å²) in [5, 5.41) is 13.1. The zero-order valence-corrected chi connectivity index (χ0v) is 10.9. The second kappa shape index (κ2) is 5.43. The fourth-order valence-corrected chi connectivity index (χ4v) is 2.87. The average Bonchev–Trinajstić information content (AvgIpc) is 2.86. The molecule has 1 aromatic rings. The number of piperidine rings is 1. The van der Waals surface area contributed by atoms with Gasteiger partial charge in [-0.05, 0) is 37.2 Å². The minimum Gasteiger partial charge on any atom is -0.480 e. The van der Waals surface area contributed by atoms with Gasteiger partial charge in [-0.3, -0.25) is 4.79 Å². The average molecular weight is 269 g/mol. The summed E-state index contributed by atoms with van der Waals surface area (Å²) < 4.78 is 3.78. The number of carboxylic acid groups (broad SMARTS) is 1. The third-order valence-corrected chi connectivity index (χ3v) is 3.89. The van der Waals surface area contributed by atoms with Crippen LogP contribution in [0, 0.1) is 0 Å². The molecule has 0 aliphatic carbocycles. The molecular weight excluding hydrogens is 254 g/mol. The van der Waals surface area contributed by atoms with E-state index >= 15 is 0 Å². The SMILES string of the molecule is CCc1nnsc1C(=O)N1CCCCC1C(=O)O. The van der Waals surface area contributed by atoms with Gasteiger partial charge < -0.3 is 10.0 Å². The van der Waals surface area contributed by atoms with Crippen LogP contribution in [-0.2, 0) is 11.2 Å². The van der Waals surface area contributed by atoms with Crippen LogP contribution in [0.3, 0.4) is 0 Å². The molecule has 98 valence electrons. The number of aliphatic carboxylic acids is 1. The van der Waals surface area contributed by atoms with Gasteiger partial charge in [0.25, 0.3) is 5.91 Å². The van der Waals surface area contributed by atoms with Gasteiger partial charge in [-0.25, -0.2) is 4.79 Å². The first-order valence-electron chi connectivity index (χ1n) is 6.00. The van der Waals surface area contributed by atoms with Crippen LogP contribution >= 0.6 is 11.5 Å². The second-order valence-electron chi connectivity index (χ2n) is 4.25. The lowest BCUT2D eigenvalue weighted by Crippen LogP contribution is -2.48. The number of hydrogen-bond acceptors (Lipinski definition) is 5. The standard InChI is InChI=1S/C11H15N3O3S/c1-2-7-9(18-13-12-7)10(15)14-6-4-3-5-8(14)11(16)17/h8H,2-6H2,1H3,(H,16,17). The van der Waals surface area contributed by atoms with Crippen LogP contribution in [0.5, 0.6) is 0 Å². The molecule has 1 N–H and O–H groups in total. The van der Waals surface area contributed by atoms with Gasteiger partial charge in [0.2, 0.25) is 0 Å². The van der Waals surface area contributed by atoms with Gasteiger partial charge in [-0.15, -0.1) is 5.10 Å². The van der Waals surface area contributed by atoms with Crippen molar-refractivity contribution in [2.45, 2.75) is 38.6 Å². The fraction of sp³-hybridized carbons (Fsp3) is 0.636. The van der Waals surface area contributed by atoms with Crippen LogP contribution < -0.4 is 0 Å². The molecule has 1 aliphatic rings. The number of carboxylic acids is 1. The van der Waals surface area contributed by atoms with Gasteiger partial charge >= 0.3 is 5.97 Å². The molecule has 1 amide bonds. The smallest absolute Gasteiger partial charge is 0.326 e. The molecule has 1 aliphatic heterocycles. The van der Waals surface area contributed by atoms with Crippen molar-refractivity contribution in [2.24, 2.45) is 0 Å². The predicted molar refractivity (Wildman–Crippen MR) is 65.6 cm³/mol. The third kappa shape index (κ3) is 2.35. The topological polar surface area (TPSA) is 83.4 Å². The third-order valence-electron chi connectivity index (χ3n) is 3.13. The van der Waals surface area contributed by atoms with Gasteiger partial charge in [0, 0.05) is 6.54 Å². The Morgan fingerprint density at radius 3 is 2.94 bits per heavy atom. The summed E-state index contributed by atoms with van der Waals surface area (Å²) in [6.07, 6.45) is 2.85. The Balaban J connectivity index is 2.23. The maximum absolute atomic E-state index is 12.3. The molecule has 1 saturated heterocycles. The molecule has 0 radical (unpaired) electrons. The quantitative estimate of drug-likeness (QED) is 0.890. The van der Waals surface area contributed by atoms with E-state index in [2.05, 4.69) is 9.59 Å². The van der Waals surface area contributed by atoms with Crippen molar-refractivity contribution >= 4 is 23.4 Å². The number of nitrogens with zero attached hydrogens (tertiary/aromatic N) is 3. The highest BCUT2D eigenvalue weighted by atomic mass is 32.1.